The number of carbonyl (C=O) groups is 1. The first-order valence-corrected chi connectivity index (χ1v) is 10.0. The number of methoxy groups -OCH3 is 1. The third-order valence-corrected chi connectivity index (χ3v) is 5.47. The zero-order chi connectivity index (χ0) is 19.8. The number of likely N-dealkylation sites (tertiary alicyclic amines) is 1. The molecule has 28 heavy (non-hydrogen) atoms. The second-order valence-electron chi connectivity index (χ2n) is 7.33. The average molecular weight is 379 g/mol. The lowest BCUT2D eigenvalue weighted by atomic mass is 9.88. The summed E-state index contributed by atoms with van der Waals surface area (Å²) in [7, 11) is 1.66. The Balaban J connectivity index is 1.52. The molecule has 1 heterocycles. The van der Waals surface area contributed by atoms with Crippen LogP contribution in [0.4, 0.5) is 0 Å². The minimum absolute atomic E-state index is 0.0378. The van der Waals surface area contributed by atoms with Gasteiger partial charge >= 0.3 is 0 Å². The summed E-state index contributed by atoms with van der Waals surface area (Å²) in [4.78, 5) is 15.1. The lowest BCUT2D eigenvalue weighted by Gasteiger charge is -2.39. The average Bonchev–Trinajstić information content (AvgIpc) is 2.75. The van der Waals surface area contributed by atoms with Gasteiger partial charge in [0.25, 0.3) is 0 Å². The van der Waals surface area contributed by atoms with Crippen LogP contribution >= 0.6 is 0 Å². The second-order valence-corrected chi connectivity index (χ2v) is 7.33. The van der Waals surface area contributed by atoms with Crippen LogP contribution < -0.4 is 10.1 Å². The van der Waals surface area contributed by atoms with Gasteiger partial charge in [0, 0.05) is 25.7 Å². The Morgan fingerprint density at radius 3 is 2.61 bits per heavy atom. The van der Waals surface area contributed by atoms with Crippen LogP contribution in [0.25, 0.3) is 0 Å². The standard InChI is InChI=1S/C24H30N2O2/c1-3-17-26-18-21(11-14-23(26)20-7-5-4-6-8-20)24(27)25-16-15-19-9-12-22(28-2)13-10-19/h3-10,12-13,21,23H,1,11,14-18H2,2H3,(H,25,27)/t21-,23+/m1/s1. The maximum Gasteiger partial charge on any atom is 0.224 e. The molecule has 1 saturated heterocycles. The second kappa shape index (κ2) is 10.1. The summed E-state index contributed by atoms with van der Waals surface area (Å²) >= 11 is 0. The molecule has 2 aromatic carbocycles. The summed E-state index contributed by atoms with van der Waals surface area (Å²) in [5.41, 5.74) is 2.52. The highest BCUT2D eigenvalue weighted by molar-refractivity contribution is 5.79. The number of nitrogens with one attached hydrogen (secondary N) is 1. The summed E-state index contributed by atoms with van der Waals surface area (Å²) < 4.78 is 5.18. The zero-order valence-electron chi connectivity index (χ0n) is 16.6. The Morgan fingerprint density at radius 1 is 1.18 bits per heavy atom. The molecule has 0 aliphatic carbocycles. The van der Waals surface area contributed by atoms with Gasteiger partial charge in [0.15, 0.2) is 0 Å². The predicted molar refractivity (Wildman–Crippen MR) is 113 cm³/mol. The molecule has 1 aliphatic heterocycles. The van der Waals surface area contributed by atoms with Gasteiger partial charge in [-0.25, -0.2) is 0 Å². The van der Waals surface area contributed by atoms with E-state index in [4.69, 9.17) is 4.74 Å². The maximum absolute atomic E-state index is 12.7. The molecule has 148 valence electrons. The van der Waals surface area contributed by atoms with Crippen LogP contribution in [0, 0.1) is 5.92 Å². The fourth-order valence-electron chi connectivity index (χ4n) is 3.94. The van der Waals surface area contributed by atoms with Crippen LogP contribution in [0.2, 0.25) is 0 Å². The van der Waals surface area contributed by atoms with Crippen molar-refractivity contribution in [3.05, 3.63) is 78.4 Å². The number of ether oxygens (including phenoxy) is 1. The fraction of sp³-hybridized carbons (Fsp3) is 0.375. The highest BCUT2D eigenvalue weighted by Crippen LogP contribution is 2.33. The van der Waals surface area contributed by atoms with E-state index in [1.807, 2.05) is 36.4 Å². The van der Waals surface area contributed by atoms with Crippen molar-refractivity contribution in [1.82, 2.24) is 10.2 Å². The van der Waals surface area contributed by atoms with E-state index in [9.17, 15) is 4.79 Å². The highest BCUT2D eigenvalue weighted by Gasteiger charge is 2.31. The molecule has 4 nitrogen and oxygen atoms in total. The Labute approximate surface area is 168 Å². The number of hydrogen-bond acceptors (Lipinski definition) is 3. The van der Waals surface area contributed by atoms with E-state index >= 15 is 0 Å². The number of amides is 1. The first-order chi connectivity index (χ1) is 13.7. The van der Waals surface area contributed by atoms with Crippen molar-refractivity contribution in [3.63, 3.8) is 0 Å². The van der Waals surface area contributed by atoms with E-state index in [0.29, 0.717) is 12.6 Å². The van der Waals surface area contributed by atoms with Crippen molar-refractivity contribution in [1.29, 1.82) is 0 Å². The molecule has 1 fully saturated rings. The van der Waals surface area contributed by atoms with E-state index in [1.165, 1.54) is 11.1 Å². The van der Waals surface area contributed by atoms with Crippen molar-refractivity contribution in [2.45, 2.75) is 25.3 Å². The molecule has 2 atom stereocenters. The molecule has 0 saturated carbocycles. The molecular formula is C24H30N2O2. The van der Waals surface area contributed by atoms with E-state index in [0.717, 1.165) is 38.1 Å². The number of hydrogen-bond donors (Lipinski definition) is 1. The number of piperidine rings is 1. The van der Waals surface area contributed by atoms with Gasteiger partial charge in [-0.15, -0.1) is 6.58 Å². The van der Waals surface area contributed by atoms with E-state index in [2.05, 4.69) is 41.1 Å². The molecule has 1 N–H and O–H groups in total. The van der Waals surface area contributed by atoms with Crippen molar-refractivity contribution in [2.75, 3.05) is 26.7 Å². The van der Waals surface area contributed by atoms with Crippen molar-refractivity contribution in [2.24, 2.45) is 5.92 Å². The van der Waals surface area contributed by atoms with Crippen LogP contribution in [-0.4, -0.2) is 37.6 Å². The van der Waals surface area contributed by atoms with E-state index < -0.39 is 0 Å². The molecule has 3 rings (SSSR count). The molecule has 0 aromatic heterocycles. The largest absolute Gasteiger partial charge is 0.497 e. The van der Waals surface area contributed by atoms with Crippen molar-refractivity contribution >= 4 is 5.91 Å². The van der Waals surface area contributed by atoms with E-state index in [-0.39, 0.29) is 11.8 Å². The third-order valence-electron chi connectivity index (χ3n) is 5.47. The van der Waals surface area contributed by atoms with Gasteiger partial charge in [-0.05, 0) is 42.5 Å². The van der Waals surface area contributed by atoms with Gasteiger partial charge in [-0.3, -0.25) is 9.69 Å². The van der Waals surface area contributed by atoms with Gasteiger partial charge in [0.05, 0.1) is 13.0 Å². The fourth-order valence-corrected chi connectivity index (χ4v) is 3.94. The molecule has 0 spiro atoms. The van der Waals surface area contributed by atoms with Gasteiger partial charge in [0.1, 0.15) is 5.75 Å². The van der Waals surface area contributed by atoms with Gasteiger partial charge in [0.2, 0.25) is 5.91 Å². The Kier molecular flexibility index (Phi) is 7.26. The lowest BCUT2D eigenvalue weighted by molar-refractivity contribution is -0.127. The molecule has 1 aliphatic rings. The molecule has 0 radical (unpaired) electrons. The highest BCUT2D eigenvalue weighted by atomic mass is 16.5. The van der Waals surface area contributed by atoms with Gasteiger partial charge in [-0.1, -0.05) is 48.5 Å². The zero-order valence-corrected chi connectivity index (χ0v) is 16.6. The monoisotopic (exact) mass is 378 g/mol. The predicted octanol–water partition coefficient (Wildman–Crippen LogP) is 3.99. The first-order valence-electron chi connectivity index (χ1n) is 10.0. The summed E-state index contributed by atoms with van der Waals surface area (Å²) in [6.07, 6.45) is 4.67. The molecular weight excluding hydrogens is 348 g/mol. The molecule has 1 amide bonds. The molecule has 0 unspecified atom stereocenters. The Bertz CT molecular complexity index is 758. The summed E-state index contributed by atoms with van der Waals surface area (Å²) in [6, 6.07) is 18.9. The Hall–Kier alpha value is -2.59. The molecule has 4 heteroatoms. The maximum atomic E-state index is 12.7. The van der Waals surface area contributed by atoms with Crippen LogP contribution in [0.3, 0.4) is 0 Å². The van der Waals surface area contributed by atoms with Crippen molar-refractivity contribution in [3.8, 4) is 5.75 Å². The first kappa shape index (κ1) is 20.2. The summed E-state index contributed by atoms with van der Waals surface area (Å²) in [5.74, 6) is 1.05. The number of rotatable bonds is 8. The number of carbonyl (C=O) groups excluding carboxylic acids is 1. The Morgan fingerprint density at radius 2 is 1.93 bits per heavy atom. The SMILES string of the molecule is C=CCN1C[C@H](C(=O)NCCc2ccc(OC)cc2)CC[C@H]1c1ccccc1. The van der Waals surface area contributed by atoms with Gasteiger partial charge < -0.3 is 10.1 Å². The summed E-state index contributed by atoms with van der Waals surface area (Å²) in [5, 5.41) is 3.12. The normalized spacial score (nSPS) is 19.8. The van der Waals surface area contributed by atoms with Gasteiger partial charge in [-0.2, -0.15) is 0 Å². The van der Waals surface area contributed by atoms with Crippen LogP contribution in [0.15, 0.2) is 67.3 Å². The van der Waals surface area contributed by atoms with E-state index in [1.54, 1.807) is 7.11 Å². The third kappa shape index (κ3) is 5.23. The number of nitrogens with zero attached hydrogens (tertiary/aromatic N) is 1. The number of benzene rings is 2. The van der Waals surface area contributed by atoms with Crippen LogP contribution in [0.5, 0.6) is 5.75 Å². The smallest absolute Gasteiger partial charge is 0.224 e. The van der Waals surface area contributed by atoms with Crippen molar-refractivity contribution < 1.29 is 9.53 Å². The van der Waals surface area contributed by atoms with Crippen LogP contribution in [-0.2, 0) is 11.2 Å². The lowest BCUT2D eigenvalue weighted by Crippen LogP contribution is -2.44. The minimum Gasteiger partial charge on any atom is -0.497 e. The minimum atomic E-state index is 0.0378. The summed E-state index contributed by atoms with van der Waals surface area (Å²) in [6.45, 7) is 6.13. The quantitative estimate of drug-likeness (QED) is 0.706. The van der Waals surface area contributed by atoms with Crippen LogP contribution in [0.1, 0.15) is 30.0 Å². The molecule has 2 aromatic rings. The topological polar surface area (TPSA) is 41.6 Å². The molecule has 0 bridgehead atoms.